The molecule has 3 rings (SSSR count). The predicted octanol–water partition coefficient (Wildman–Crippen LogP) is 3.96. The zero-order chi connectivity index (χ0) is 13.9. The Hall–Kier alpha value is -1.94. The van der Waals surface area contributed by atoms with Gasteiger partial charge >= 0.3 is 0 Å². The average Bonchev–Trinajstić information content (AvgIpc) is 2.84. The van der Waals surface area contributed by atoms with Gasteiger partial charge in [0.25, 0.3) is 0 Å². The monoisotopic (exact) mass is 283 g/mol. The number of nitrogens with one attached hydrogen (secondary N) is 1. The van der Waals surface area contributed by atoms with Gasteiger partial charge in [-0.25, -0.2) is 9.97 Å². The molecule has 0 amide bonds. The molecule has 0 saturated heterocycles. The van der Waals surface area contributed by atoms with Crippen LogP contribution in [0.25, 0.3) is 10.2 Å². The molecule has 2 heterocycles. The quantitative estimate of drug-likeness (QED) is 0.787. The summed E-state index contributed by atoms with van der Waals surface area (Å²) in [6.45, 7) is 5.12. The molecule has 0 unspecified atom stereocenters. The fourth-order valence-corrected chi connectivity index (χ4v) is 3.27. The molecule has 4 heteroatoms. The molecule has 0 aliphatic carbocycles. The summed E-state index contributed by atoms with van der Waals surface area (Å²) in [4.78, 5) is 8.70. The van der Waals surface area contributed by atoms with Gasteiger partial charge in [0.05, 0.1) is 10.2 Å². The van der Waals surface area contributed by atoms with E-state index in [2.05, 4.69) is 58.8 Å². The fourth-order valence-electron chi connectivity index (χ4n) is 2.30. The van der Waals surface area contributed by atoms with Gasteiger partial charge in [0.2, 0.25) is 0 Å². The Labute approximate surface area is 122 Å². The van der Waals surface area contributed by atoms with Crippen LogP contribution in [-0.2, 0) is 6.42 Å². The SMILES string of the molecule is Cc1ccccc1CCNc1ncnc2c(C)csc12. The van der Waals surface area contributed by atoms with Gasteiger partial charge in [-0.05, 0) is 42.3 Å². The van der Waals surface area contributed by atoms with Crippen LogP contribution in [0.5, 0.6) is 0 Å². The van der Waals surface area contributed by atoms with Crippen LogP contribution in [0.3, 0.4) is 0 Å². The molecule has 0 saturated carbocycles. The minimum absolute atomic E-state index is 0.883. The van der Waals surface area contributed by atoms with Crippen molar-refractivity contribution in [3.63, 3.8) is 0 Å². The van der Waals surface area contributed by atoms with Gasteiger partial charge < -0.3 is 5.32 Å². The molecule has 3 nitrogen and oxygen atoms in total. The summed E-state index contributed by atoms with van der Waals surface area (Å²) in [6.07, 6.45) is 2.64. The van der Waals surface area contributed by atoms with E-state index in [0.29, 0.717) is 0 Å². The van der Waals surface area contributed by atoms with Crippen LogP contribution >= 0.6 is 11.3 Å². The van der Waals surface area contributed by atoms with Gasteiger partial charge in [-0.15, -0.1) is 11.3 Å². The van der Waals surface area contributed by atoms with Crippen LogP contribution in [0, 0.1) is 13.8 Å². The second kappa shape index (κ2) is 5.59. The maximum atomic E-state index is 4.36. The molecule has 0 spiro atoms. The third-order valence-electron chi connectivity index (χ3n) is 3.48. The number of thiophene rings is 1. The summed E-state index contributed by atoms with van der Waals surface area (Å²) in [5, 5.41) is 5.57. The highest BCUT2D eigenvalue weighted by Gasteiger charge is 2.07. The van der Waals surface area contributed by atoms with Crippen LogP contribution in [0.15, 0.2) is 36.0 Å². The van der Waals surface area contributed by atoms with Crippen molar-refractivity contribution in [2.45, 2.75) is 20.3 Å². The van der Waals surface area contributed by atoms with Crippen molar-refractivity contribution in [3.05, 3.63) is 52.7 Å². The number of aryl methyl sites for hydroxylation is 2. The van der Waals surface area contributed by atoms with Crippen LogP contribution in [0.4, 0.5) is 5.82 Å². The van der Waals surface area contributed by atoms with E-state index in [1.54, 1.807) is 17.7 Å². The van der Waals surface area contributed by atoms with Crippen LogP contribution in [0.2, 0.25) is 0 Å². The van der Waals surface area contributed by atoms with Crippen molar-refractivity contribution in [3.8, 4) is 0 Å². The normalized spacial score (nSPS) is 10.9. The van der Waals surface area contributed by atoms with Crippen LogP contribution in [-0.4, -0.2) is 16.5 Å². The van der Waals surface area contributed by atoms with Crippen molar-refractivity contribution in [1.82, 2.24) is 9.97 Å². The summed E-state index contributed by atoms with van der Waals surface area (Å²) in [5.41, 5.74) is 5.00. The molecule has 20 heavy (non-hydrogen) atoms. The lowest BCUT2D eigenvalue weighted by molar-refractivity contribution is 0.994. The van der Waals surface area contributed by atoms with Gasteiger partial charge in [0.15, 0.2) is 0 Å². The number of benzene rings is 1. The van der Waals surface area contributed by atoms with E-state index in [9.17, 15) is 0 Å². The number of fused-ring (bicyclic) bond motifs is 1. The Morgan fingerprint density at radius 3 is 2.80 bits per heavy atom. The topological polar surface area (TPSA) is 37.8 Å². The summed E-state index contributed by atoms with van der Waals surface area (Å²) < 4.78 is 1.15. The molecule has 102 valence electrons. The minimum atomic E-state index is 0.883. The first kappa shape index (κ1) is 13.1. The highest BCUT2D eigenvalue weighted by atomic mass is 32.1. The standard InChI is InChI=1S/C16H17N3S/c1-11-5-3-4-6-13(11)7-8-17-16-15-14(18-10-19-16)12(2)9-20-15/h3-6,9-10H,7-8H2,1-2H3,(H,17,18,19). The predicted molar refractivity (Wildman–Crippen MR) is 85.5 cm³/mol. The number of aromatic nitrogens is 2. The number of nitrogens with zero attached hydrogens (tertiary/aromatic N) is 2. The average molecular weight is 283 g/mol. The molecule has 1 aromatic carbocycles. The van der Waals surface area contributed by atoms with Crippen LogP contribution in [0.1, 0.15) is 16.7 Å². The van der Waals surface area contributed by atoms with E-state index in [4.69, 9.17) is 0 Å². The van der Waals surface area contributed by atoms with Crippen molar-refractivity contribution >= 4 is 27.4 Å². The van der Waals surface area contributed by atoms with E-state index in [0.717, 1.165) is 29.0 Å². The molecule has 0 fully saturated rings. The molecular formula is C16H17N3S. The van der Waals surface area contributed by atoms with E-state index >= 15 is 0 Å². The maximum Gasteiger partial charge on any atom is 0.147 e. The molecule has 2 aromatic heterocycles. The van der Waals surface area contributed by atoms with Crippen molar-refractivity contribution < 1.29 is 0 Å². The third kappa shape index (κ3) is 2.51. The Morgan fingerprint density at radius 1 is 1.10 bits per heavy atom. The zero-order valence-electron chi connectivity index (χ0n) is 11.7. The number of hydrogen-bond donors (Lipinski definition) is 1. The maximum absolute atomic E-state index is 4.36. The second-order valence-electron chi connectivity index (χ2n) is 4.92. The van der Waals surface area contributed by atoms with Gasteiger partial charge in [-0.3, -0.25) is 0 Å². The lowest BCUT2D eigenvalue weighted by Crippen LogP contribution is -2.07. The first-order valence-corrected chi connectivity index (χ1v) is 7.61. The van der Waals surface area contributed by atoms with E-state index < -0.39 is 0 Å². The molecule has 1 N–H and O–H groups in total. The molecular weight excluding hydrogens is 266 g/mol. The Kier molecular flexibility index (Phi) is 3.65. The van der Waals surface area contributed by atoms with Gasteiger partial charge in [-0.2, -0.15) is 0 Å². The third-order valence-corrected chi connectivity index (χ3v) is 4.57. The van der Waals surface area contributed by atoms with Gasteiger partial charge in [0, 0.05) is 6.54 Å². The van der Waals surface area contributed by atoms with Crippen molar-refractivity contribution in [2.75, 3.05) is 11.9 Å². The molecule has 0 atom stereocenters. The minimum Gasteiger partial charge on any atom is -0.368 e. The van der Waals surface area contributed by atoms with Crippen molar-refractivity contribution in [1.29, 1.82) is 0 Å². The van der Waals surface area contributed by atoms with E-state index in [1.165, 1.54) is 16.7 Å². The largest absolute Gasteiger partial charge is 0.368 e. The van der Waals surface area contributed by atoms with E-state index in [1.807, 2.05) is 0 Å². The van der Waals surface area contributed by atoms with E-state index in [-0.39, 0.29) is 0 Å². The summed E-state index contributed by atoms with van der Waals surface area (Å²) in [5.74, 6) is 0.946. The molecule has 3 aromatic rings. The first-order valence-electron chi connectivity index (χ1n) is 6.73. The number of anilines is 1. The Bertz CT molecular complexity index is 733. The Morgan fingerprint density at radius 2 is 1.95 bits per heavy atom. The summed E-state index contributed by atoms with van der Waals surface area (Å²) >= 11 is 1.70. The lowest BCUT2D eigenvalue weighted by Gasteiger charge is -2.08. The zero-order valence-corrected chi connectivity index (χ0v) is 12.5. The van der Waals surface area contributed by atoms with Crippen molar-refractivity contribution in [2.24, 2.45) is 0 Å². The highest BCUT2D eigenvalue weighted by Crippen LogP contribution is 2.28. The smallest absolute Gasteiger partial charge is 0.147 e. The van der Waals surface area contributed by atoms with Gasteiger partial charge in [-0.1, -0.05) is 24.3 Å². The molecule has 0 radical (unpaired) electrons. The number of rotatable bonds is 4. The molecule has 0 aliphatic heterocycles. The first-order chi connectivity index (χ1) is 9.75. The highest BCUT2D eigenvalue weighted by molar-refractivity contribution is 7.18. The van der Waals surface area contributed by atoms with Gasteiger partial charge in [0.1, 0.15) is 12.1 Å². The second-order valence-corrected chi connectivity index (χ2v) is 5.80. The lowest BCUT2D eigenvalue weighted by atomic mass is 10.1. The summed E-state index contributed by atoms with van der Waals surface area (Å²) in [6, 6.07) is 8.51. The fraction of sp³-hybridized carbons (Fsp3) is 0.250. The summed E-state index contributed by atoms with van der Waals surface area (Å²) in [7, 11) is 0. The molecule has 0 bridgehead atoms. The number of hydrogen-bond acceptors (Lipinski definition) is 4. The van der Waals surface area contributed by atoms with Crippen LogP contribution < -0.4 is 5.32 Å². The Balaban J connectivity index is 1.73. The molecule has 0 aliphatic rings.